The summed E-state index contributed by atoms with van der Waals surface area (Å²) in [4.78, 5) is 4.31. The molecule has 0 aliphatic rings. The fourth-order valence-corrected chi connectivity index (χ4v) is 2.25. The van der Waals surface area contributed by atoms with Gasteiger partial charge in [0.25, 0.3) is 0 Å². The molecule has 1 heterocycles. The van der Waals surface area contributed by atoms with Crippen molar-refractivity contribution in [3.8, 4) is 6.07 Å². The van der Waals surface area contributed by atoms with Crippen molar-refractivity contribution < 1.29 is 0 Å². The summed E-state index contributed by atoms with van der Waals surface area (Å²) in [6.07, 6.45) is 4.56. The average molecular weight is 254 g/mol. The molecule has 4 heteroatoms. The Hall–Kier alpha value is -2.12. The van der Waals surface area contributed by atoms with Crippen molar-refractivity contribution in [1.82, 2.24) is 14.9 Å². The van der Waals surface area contributed by atoms with E-state index in [0.29, 0.717) is 6.54 Å². The van der Waals surface area contributed by atoms with Gasteiger partial charge in [0.15, 0.2) is 0 Å². The molecule has 19 heavy (non-hydrogen) atoms. The van der Waals surface area contributed by atoms with Crippen LogP contribution in [0.2, 0.25) is 0 Å². The maximum atomic E-state index is 9.65. The van der Waals surface area contributed by atoms with Crippen LogP contribution >= 0.6 is 0 Å². The van der Waals surface area contributed by atoms with Crippen molar-refractivity contribution in [1.29, 1.82) is 5.26 Å². The molecule has 1 N–H and O–H groups in total. The number of nitrogens with zero attached hydrogens (tertiary/aromatic N) is 3. The Balaban J connectivity index is 2.39. The van der Waals surface area contributed by atoms with Crippen LogP contribution in [0.25, 0.3) is 0 Å². The fourth-order valence-electron chi connectivity index (χ4n) is 2.25. The first kappa shape index (κ1) is 13.3. The summed E-state index contributed by atoms with van der Waals surface area (Å²) in [7, 11) is 1.82. The molecule has 2 aromatic rings. The molecule has 1 unspecified atom stereocenters. The van der Waals surface area contributed by atoms with E-state index >= 15 is 0 Å². The summed E-state index contributed by atoms with van der Waals surface area (Å²) in [6.45, 7) is 2.61. The van der Waals surface area contributed by atoms with Crippen molar-refractivity contribution in [2.24, 2.45) is 0 Å². The predicted molar refractivity (Wildman–Crippen MR) is 74.4 cm³/mol. The Morgan fingerprint density at radius 3 is 2.68 bits per heavy atom. The molecule has 0 fully saturated rings. The zero-order chi connectivity index (χ0) is 13.7. The van der Waals surface area contributed by atoms with Crippen LogP contribution in [0.5, 0.6) is 0 Å². The van der Waals surface area contributed by atoms with E-state index in [0.717, 1.165) is 17.8 Å². The zero-order valence-corrected chi connectivity index (χ0v) is 11.3. The Morgan fingerprint density at radius 2 is 2.11 bits per heavy atom. The van der Waals surface area contributed by atoms with Gasteiger partial charge in [-0.3, -0.25) is 5.32 Å². The number of nitriles is 1. The molecule has 0 saturated heterocycles. The van der Waals surface area contributed by atoms with E-state index in [1.54, 1.807) is 6.20 Å². The maximum absolute atomic E-state index is 9.65. The van der Waals surface area contributed by atoms with Crippen LogP contribution in [0.3, 0.4) is 0 Å². The molecule has 0 spiro atoms. The number of aromatic nitrogens is 2. The second kappa shape index (κ2) is 5.68. The number of aryl methyl sites for hydroxylation is 1. The van der Waals surface area contributed by atoms with E-state index in [4.69, 9.17) is 0 Å². The smallest absolute Gasteiger partial charge is 0.150 e. The summed E-state index contributed by atoms with van der Waals surface area (Å²) in [5.74, 6) is 0.991. The average Bonchev–Trinajstić information content (AvgIpc) is 2.93. The predicted octanol–water partition coefficient (Wildman–Crippen LogP) is 2.08. The highest BCUT2D eigenvalue weighted by Crippen LogP contribution is 2.23. The number of hydrogen-bond donors (Lipinski definition) is 1. The number of imidazole rings is 1. The van der Waals surface area contributed by atoms with Gasteiger partial charge in [-0.1, -0.05) is 37.3 Å². The number of nitrogens with one attached hydrogen (secondary N) is 1. The summed E-state index contributed by atoms with van der Waals surface area (Å²) < 4.78 is 2.03. The Bertz CT molecular complexity index is 567. The largest absolute Gasteiger partial charge is 0.332 e. The number of benzene rings is 1. The van der Waals surface area contributed by atoms with E-state index in [-0.39, 0.29) is 0 Å². The molecule has 0 bridgehead atoms. The van der Waals surface area contributed by atoms with Crippen LogP contribution in [0.4, 0.5) is 0 Å². The van der Waals surface area contributed by atoms with Gasteiger partial charge in [0.2, 0.25) is 0 Å². The minimum atomic E-state index is -0.730. The summed E-state index contributed by atoms with van der Waals surface area (Å²) >= 11 is 0. The van der Waals surface area contributed by atoms with Crippen molar-refractivity contribution in [3.63, 3.8) is 0 Å². The molecule has 1 atom stereocenters. The lowest BCUT2D eigenvalue weighted by Crippen LogP contribution is -2.42. The number of hydrogen-bond acceptors (Lipinski definition) is 3. The quantitative estimate of drug-likeness (QED) is 0.888. The van der Waals surface area contributed by atoms with E-state index < -0.39 is 5.54 Å². The second-order valence-electron chi connectivity index (χ2n) is 4.46. The molecule has 0 aliphatic carbocycles. The molecule has 0 amide bonds. The van der Waals surface area contributed by atoms with Crippen LogP contribution in [0.1, 0.15) is 18.3 Å². The first-order valence-corrected chi connectivity index (χ1v) is 6.41. The molecule has 0 radical (unpaired) electrons. The molecule has 4 nitrogen and oxygen atoms in total. The Morgan fingerprint density at radius 1 is 1.37 bits per heavy atom. The SMILES string of the molecule is CCc1nccn1CC(C#N)(NC)c1ccccc1. The first-order valence-electron chi connectivity index (χ1n) is 6.41. The van der Waals surface area contributed by atoms with Crippen LogP contribution in [0.15, 0.2) is 42.7 Å². The monoisotopic (exact) mass is 254 g/mol. The van der Waals surface area contributed by atoms with Crippen molar-refractivity contribution in [3.05, 3.63) is 54.1 Å². The maximum Gasteiger partial charge on any atom is 0.150 e. The third kappa shape index (κ3) is 2.51. The molecular formula is C15H18N4. The lowest BCUT2D eigenvalue weighted by Gasteiger charge is -2.27. The molecule has 0 saturated carbocycles. The molecule has 0 aliphatic heterocycles. The normalized spacial score (nSPS) is 13.7. The van der Waals surface area contributed by atoms with Crippen LogP contribution in [0, 0.1) is 11.3 Å². The second-order valence-corrected chi connectivity index (χ2v) is 4.46. The van der Waals surface area contributed by atoms with Gasteiger partial charge >= 0.3 is 0 Å². The highest BCUT2D eigenvalue weighted by atomic mass is 15.1. The highest BCUT2D eigenvalue weighted by Gasteiger charge is 2.31. The third-order valence-electron chi connectivity index (χ3n) is 3.41. The Kier molecular flexibility index (Phi) is 3.98. The first-order chi connectivity index (χ1) is 9.25. The molecule has 98 valence electrons. The van der Waals surface area contributed by atoms with E-state index in [2.05, 4.69) is 23.3 Å². The minimum Gasteiger partial charge on any atom is -0.332 e. The summed E-state index contributed by atoms with van der Waals surface area (Å²) in [5.41, 5.74) is 0.238. The summed E-state index contributed by atoms with van der Waals surface area (Å²) in [6, 6.07) is 12.2. The van der Waals surface area contributed by atoms with E-state index in [1.807, 2.05) is 48.1 Å². The van der Waals surface area contributed by atoms with Crippen molar-refractivity contribution >= 4 is 0 Å². The Labute approximate surface area is 113 Å². The summed E-state index contributed by atoms with van der Waals surface area (Å²) in [5, 5.41) is 12.8. The lowest BCUT2D eigenvalue weighted by atomic mass is 9.91. The highest BCUT2D eigenvalue weighted by molar-refractivity contribution is 5.31. The molecular weight excluding hydrogens is 236 g/mol. The standard InChI is InChI=1S/C15H18N4/c1-3-14-18-9-10-19(14)12-15(11-16,17-2)13-7-5-4-6-8-13/h4-10,17H,3,12H2,1-2H3. The van der Waals surface area contributed by atoms with Gasteiger partial charge in [-0.25, -0.2) is 4.98 Å². The zero-order valence-electron chi connectivity index (χ0n) is 11.3. The van der Waals surface area contributed by atoms with Gasteiger partial charge in [0.1, 0.15) is 11.4 Å². The van der Waals surface area contributed by atoms with Gasteiger partial charge < -0.3 is 4.57 Å². The third-order valence-corrected chi connectivity index (χ3v) is 3.41. The van der Waals surface area contributed by atoms with Crippen molar-refractivity contribution in [2.75, 3.05) is 7.05 Å². The molecule has 1 aromatic heterocycles. The lowest BCUT2D eigenvalue weighted by molar-refractivity contribution is 0.391. The van der Waals surface area contributed by atoms with Crippen molar-refractivity contribution in [2.45, 2.75) is 25.4 Å². The van der Waals surface area contributed by atoms with E-state index in [9.17, 15) is 5.26 Å². The number of rotatable bonds is 5. The van der Waals surface area contributed by atoms with E-state index in [1.165, 1.54) is 0 Å². The fraction of sp³-hybridized carbons (Fsp3) is 0.333. The van der Waals surface area contributed by atoms with Crippen LogP contribution < -0.4 is 5.32 Å². The van der Waals surface area contributed by atoms with Gasteiger partial charge in [-0.2, -0.15) is 5.26 Å². The molecule has 1 aromatic carbocycles. The van der Waals surface area contributed by atoms with Gasteiger partial charge in [-0.05, 0) is 12.6 Å². The minimum absolute atomic E-state index is 0.549. The van der Waals surface area contributed by atoms with Gasteiger partial charge in [0.05, 0.1) is 12.6 Å². The van der Waals surface area contributed by atoms with Crippen LogP contribution in [-0.2, 0) is 18.5 Å². The van der Waals surface area contributed by atoms with Crippen LogP contribution in [-0.4, -0.2) is 16.6 Å². The topological polar surface area (TPSA) is 53.6 Å². The molecule has 2 rings (SSSR count). The number of likely N-dealkylation sites (N-methyl/N-ethyl adjacent to an activating group) is 1. The van der Waals surface area contributed by atoms with Gasteiger partial charge in [-0.15, -0.1) is 0 Å². The van der Waals surface area contributed by atoms with Gasteiger partial charge in [0, 0.05) is 18.8 Å².